The molecule has 0 aliphatic carbocycles. The van der Waals surface area contributed by atoms with Crippen molar-refractivity contribution in [2.24, 2.45) is 0 Å². The van der Waals surface area contributed by atoms with Crippen molar-refractivity contribution in [3.8, 4) is 17.2 Å². The van der Waals surface area contributed by atoms with Crippen LogP contribution < -0.4 is 9.47 Å². The second kappa shape index (κ2) is 11.8. The number of aromatic hydroxyl groups is 1. The molecule has 0 aliphatic heterocycles. The predicted octanol–water partition coefficient (Wildman–Crippen LogP) is 5.22. The second-order valence-electron chi connectivity index (χ2n) is 5.73. The first-order valence-electron chi connectivity index (χ1n) is 9.05. The van der Waals surface area contributed by atoms with Crippen LogP contribution in [0.15, 0.2) is 84.9 Å². The summed E-state index contributed by atoms with van der Waals surface area (Å²) < 4.78 is 14.8. The van der Waals surface area contributed by atoms with Crippen LogP contribution in [0.4, 0.5) is 4.79 Å². The zero-order chi connectivity index (χ0) is 20.9. The third-order valence-corrected chi connectivity index (χ3v) is 3.45. The minimum absolute atomic E-state index is 0.0383. The first kappa shape index (κ1) is 21.5. The number of phenolic OH excluding ortho intramolecular Hbond substituents is 1. The van der Waals surface area contributed by atoms with Gasteiger partial charge in [-0.2, -0.15) is 0 Å². The van der Waals surface area contributed by atoms with E-state index in [2.05, 4.69) is 0 Å². The molecule has 0 atom stereocenters. The molecule has 0 saturated carbocycles. The summed E-state index contributed by atoms with van der Waals surface area (Å²) in [6.45, 7) is 2.30. The van der Waals surface area contributed by atoms with E-state index in [9.17, 15) is 14.7 Å². The van der Waals surface area contributed by atoms with E-state index in [1.54, 1.807) is 60.7 Å². The maximum absolute atomic E-state index is 11.3. The Hall–Kier alpha value is -3.80. The molecule has 0 heterocycles. The number of benzene rings is 3. The lowest BCUT2D eigenvalue weighted by atomic mass is 10.2. The van der Waals surface area contributed by atoms with Gasteiger partial charge in [-0.25, -0.2) is 9.59 Å². The maximum atomic E-state index is 11.3. The van der Waals surface area contributed by atoms with Crippen LogP contribution in [-0.2, 0) is 4.74 Å². The summed E-state index contributed by atoms with van der Waals surface area (Å²) in [4.78, 5) is 22.6. The number of hydrogen-bond donors (Lipinski definition) is 1. The molecule has 6 nitrogen and oxygen atoms in total. The number of hydrogen-bond acceptors (Lipinski definition) is 6. The van der Waals surface area contributed by atoms with E-state index in [0.29, 0.717) is 18.1 Å². The number of carbonyl (C=O) groups is 2. The monoisotopic (exact) mass is 394 g/mol. The number of rotatable bonds is 5. The van der Waals surface area contributed by atoms with E-state index in [-0.39, 0.29) is 11.3 Å². The van der Waals surface area contributed by atoms with Crippen LogP contribution in [0, 0.1) is 0 Å². The van der Waals surface area contributed by atoms with Crippen LogP contribution in [0.3, 0.4) is 0 Å². The second-order valence-corrected chi connectivity index (χ2v) is 5.73. The van der Waals surface area contributed by atoms with Crippen LogP contribution in [0.5, 0.6) is 17.2 Å². The van der Waals surface area contributed by atoms with E-state index in [1.807, 2.05) is 19.1 Å². The average molecular weight is 394 g/mol. The van der Waals surface area contributed by atoms with Crippen LogP contribution in [0.1, 0.15) is 23.7 Å². The Bertz CT molecular complexity index is 850. The van der Waals surface area contributed by atoms with Crippen molar-refractivity contribution in [2.75, 3.05) is 6.61 Å². The highest BCUT2D eigenvalue weighted by Crippen LogP contribution is 2.16. The molecule has 0 fully saturated rings. The zero-order valence-electron chi connectivity index (χ0n) is 16.0. The highest BCUT2D eigenvalue weighted by molar-refractivity contribution is 5.92. The summed E-state index contributed by atoms with van der Waals surface area (Å²) in [5.41, 5.74) is 0.218. The van der Waals surface area contributed by atoms with Gasteiger partial charge in [0, 0.05) is 0 Å². The standard InChI is InChI=1S/C13H10O3.C10H12O3/c14-13(15-11-7-3-1-4-8-11)16-12-9-5-2-6-10-12;1-2-7-13-10(12)8-5-3-4-6-9(8)11/h1-10H;3-6,11H,2,7H2,1H3. The summed E-state index contributed by atoms with van der Waals surface area (Å²) in [5.74, 6) is 0.412. The van der Waals surface area contributed by atoms with Crippen molar-refractivity contribution in [1.82, 2.24) is 0 Å². The molecular weight excluding hydrogens is 372 g/mol. The van der Waals surface area contributed by atoms with E-state index >= 15 is 0 Å². The van der Waals surface area contributed by atoms with Gasteiger partial charge in [-0.3, -0.25) is 0 Å². The molecule has 0 aromatic heterocycles. The quantitative estimate of drug-likeness (QED) is 0.472. The molecule has 0 aliphatic rings. The van der Waals surface area contributed by atoms with Crippen molar-refractivity contribution >= 4 is 12.1 Å². The smallest absolute Gasteiger partial charge is 0.507 e. The summed E-state index contributed by atoms with van der Waals surface area (Å²) in [7, 11) is 0. The molecule has 0 radical (unpaired) electrons. The van der Waals surface area contributed by atoms with Gasteiger partial charge in [-0.05, 0) is 42.8 Å². The van der Waals surface area contributed by atoms with Crippen molar-refractivity contribution in [3.05, 3.63) is 90.5 Å². The molecule has 3 rings (SSSR count). The maximum Gasteiger partial charge on any atom is 0.519 e. The molecule has 0 saturated heterocycles. The van der Waals surface area contributed by atoms with Crippen molar-refractivity contribution in [2.45, 2.75) is 13.3 Å². The van der Waals surface area contributed by atoms with Gasteiger partial charge in [0.2, 0.25) is 0 Å². The van der Waals surface area contributed by atoms with Gasteiger partial charge < -0.3 is 19.3 Å². The van der Waals surface area contributed by atoms with Gasteiger partial charge in [-0.15, -0.1) is 0 Å². The highest BCUT2D eigenvalue weighted by atomic mass is 16.7. The van der Waals surface area contributed by atoms with Crippen molar-refractivity contribution in [1.29, 1.82) is 0 Å². The van der Waals surface area contributed by atoms with Gasteiger partial charge in [0.25, 0.3) is 0 Å². The zero-order valence-corrected chi connectivity index (χ0v) is 16.0. The lowest BCUT2D eigenvalue weighted by Crippen LogP contribution is -2.13. The summed E-state index contributed by atoms with van der Waals surface area (Å²) in [5, 5.41) is 9.28. The molecule has 0 bridgehead atoms. The van der Waals surface area contributed by atoms with E-state index in [0.717, 1.165) is 6.42 Å². The van der Waals surface area contributed by atoms with Gasteiger partial charge in [-0.1, -0.05) is 55.5 Å². The van der Waals surface area contributed by atoms with Gasteiger partial charge in [0.05, 0.1) is 6.61 Å². The summed E-state index contributed by atoms with van der Waals surface area (Å²) in [6.07, 6.45) is 0.0386. The Morgan fingerprint density at radius 3 is 1.72 bits per heavy atom. The molecule has 150 valence electrons. The van der Waals surface area contributed by atoms with Gasteiger partial charge in [0.15, 0.2) is 0 Å². The van der Waals surface area contributed by atoms with Crippen molar-refractivity contribution < 1.29 is 28.9 Å². The lowest BCUT2D eigenvalue weighted by molar-refractivity contribution is 0.0501. The largest absolute Gasteiger partial charge is 0.519 e. The first-order chi connectivity index (χ1) is 14.1. The van der Waals surface area contributed by atoms with E-state index < -0.39 is 12.1 Å². The molecule has 3 aromatic carbocycles. The number of para-hydroxylation sites is 3. The molecular formula is C23H22O6. The minimum Gasteiger partial charge on any atom is -0.507 e. The fraction of sp³-hybridized carbons (Fsp3) is 0.130. The Morgan fingerprint density at radius 2 is 1.24 bits per heavy atom. The Morgan fingerprint density at radius 1 is 0.759 bits per heavy atom. The van der Waals surface area contributed by atoms with Gasteiger partial charge in [0.1, 0.15) is 22.8 Å². The third-order valence-electron chi connectivity index (χ3n) is 3.45. The van der Waals surface area contributed by atoms with Crippen LogP contribution in [0.25, 0.3) is 0 Å². The van der Waals surface area contributed by atoms with E-state index in [4.69, 9.17) is 14.2 Å². The van der Waals surface area contributed by atoms with Crippen LogP contribution in [0.2, 0.25) is 0 Å². The molecule has 29 heavy (non-hydrogen) atoms. The van der Waals surface area contributed by atoms with E-state index in [1.165, 1.54) is 12.1 Å². The van der Waals surface area contributed by atoms with Crippen LogP contribution >= 0.6 is 0 Å². The molecule has 6 heteroatoms. The lowest BCUT2D eigenvalue weighted by Gasteiger charge is -2.04. The first-order valence-corrected chi connectivity index (χ1v) is 9.05. The predicted molar refractivity (Wildman–Crippen MR) is 108 cm³/mol. The number of phenols is 1. The average Bonchev–Trinajstić information content (AvgIpc) is 2.74. The van der Waals surface area contributed by atoms with Gasteiger partial charge >= 0.3 is 12.1 Å². The summed E-state index contributed by atoms with van der Waals surface area (Å²) in [6, 6.07) is 23.9. The minimum atomic E-state index is -0.739. The molecule has 1 N–H and O–H groups in total. The number of ether oxygens (including phenoxy) is 3. The Labute approximate surface area is 169 Å². The fourth-order valence-corrected chi connectivity index (χ4v) is 2.11. The third kappa shape index (κ3) is 7.76. The highest BCUT2D eigenvalue weighted by Gasteiger charge is 2.10. The normalized spacial score (nSPS) is 9.55. The van der Waals surface area contributed by atoms with Crippen LogP contribution in [-0.4, -0.2) is 23.8 Å². The summed E-state index contributed by atoms with van der Waals surface area (Å²) >= 11 is 0. The molecule has 0 amide bonds. The topological polar surface area (TPSA) is 82.1 Å². The molecule has 3 aromatic rings. The number of carbonyl (C=O) groups excluding carboxylic acids is 2. The SMILES string of the molecule is CCCOC(=O)c1ccccc1O.O=C(Oc1ccccc1)Oc1ccccc1. The van der Waals surface area contributed by atoms with Crippen molar-refractivity contribution in [3.63, 3.8) is 0 Å². The molecule has 0 spiro atoms. The Kier molecular flexibility index (Phi) is 8.76. The number of esters is 1. The molecule has 0 unspecified atom stereocenters. The fourth-order valence-electron chi connectivity index (χ4n) is 2.11. The Balaban J connectivity index is 0.000000212.